The lowest BCUT2D eigenvalue weighted by Gasteiger charge is -2.40. The predicted octanol–water partition coefficient (Wildman–Crippen LogP) is 0.733. The maximum atomic E-state index is 11.9. The summed E-state index contributed by atoms with van der Waals surface area (Å²) < 4.78 is 4.92. The summed E-state index contributed by atoms with van der Waals surface area (Å²) in [7, 11) is 3.65. The fourth-order valence-electron chi connectivity index (χ4n) is 2.86. The van der Waals surface area contributed by atoms with E-state index >= 15 is 0 Å². The third-order valence-corrected chi connectivity index (χ3v) is 4.23. The van der Waals surface area contributed by atoms with Crippen LogP contribution in [-0.4, -0.2) is 56.7 Å². The highest BCUT2D eigenvalue weighted by atomic mass is 16.5. The van der Waals surface area contributed by atoms with Crippen LogP contribution in [0.25, 0.3) is 0 Å². The van der Waals surface area contributed by atoms with Crippen LogP contribution >= 0.6 is 0 Å². The molecule has 0 radical (unpaired) electrons. The fourth-order valence-corrected chi connectivity index (χ4v) is 2.86. The first-order valence-corrected chi connectivity index (χ1v) is 7.31. The molecular formula is C14H29N3O2. The monoisotopic (exact) mass is 271 g/mol. The standard InChI is InChI=1S/C14H29N3O2/c1-17(11-13(18)16-9-10-19-2)14(12-15)7-5-3-4-6-8-14/h3-12,15H2,1-2H3,(H,16,18). The van der Waals surface area contributed by atoms with E-state index in [9.17, 15) is 4.79 Å². The Balaban J connectivity index is 2.47. The molecular weight excluding hydrogens is 242 g/mol. The number of carbonyl (C=O) groups excluding carboxylic acids is 1. The second kappa shape index (κ2) is 8.51. The summed E-state index contributed by atoms with van der Waals surface area (Å²) >= 11 is 0. The number of rotatable bonds is 7. The Morgan fingerprint density at radius 2 is 1.95 bits per heavy atom. The maximum absolute atomic E-state index is 11.9. The number of nitrogens with zero attached hydrogens (tertiary/aromatic N) is 1. The quantitative estimate of drug-likeness (QED) is 0.529. The molecule has 0 aromatic carbocycles. The van der Waals surface area contributed by atoms with Crippen molar-refractivity contribution < 1.29 is 9.53 Å². The molecule has 0 unspecified atom stereocenters. The molecule has 0 bridgehead atoms. The van der Waals surface area contributed by atoms with E-state index in [1.54, 1.807) is 7.11 Å². The van der Waals surface area contributed by atoms with Gasteiger partial charge in [-0.3, -0.25) is 9.69 Å². The van der Waals surface area contributed by atoms with Crippen molar-refractivity contribution in [3.63, 3.8) is 0 Å². The summed E-state index contributed by atoms with van der Waals surface area (Å²) in [6.45, 7) is 2.17. The lowest BCUT2D eigenvalue weighted by Crippen LogP contribution is -2.54. The van der Waals surface area contributed by atoms with Gasteiger partial charge in [-0.05, 0) is 19.9 Å². The highest BCUT2D eigenvalue weighted by Gasteiger charge is 2.34. The van der Waals surface area contributed by atoms with Gasteiger partial charge in [-0.1, -0.05) is 25.7 Å². The minimum atomic E-state index is 0.00902. The minimum Gasteiger partial charge on any atom is -0.383 e. The van der Waals surface area contributed by atoms with Crippen molar-refractivity contribution in [1.29, 1.82) is 0 Å². The largest absolute Gasteiger partial charge is 0.383 e. The minimum absolute atomic E-state index is 0.00902. The number of hydrogen-bond acceptors (Lipinski definition) is 4. The normalized spacial score (nSPS) is 19.2. The van der Waals surface area contributed by atoms with Crippen molar-refractivity contribution in [3.8, 4) is 0 Å². The number of likely N-dealkylation sites (N-methyl/N-ethyl adjacent to an activating group) is 1. The molecule has 1 saturated carbocycles. The van der Waals surface area contributed by atoms with Crippen molar-refractivity contribution >= 4 is 5.91 Å². The molecule has 0 heterocycles. The van der Waals surface area contributed by atoms with E-state index in [-0.39, 0.29) is 11.4 Å². The summed E-state index contributed by atoms with van der Waals surface area (Å²) in [5.41, 5.74) is 6.02. The number of nitrogens with one attached hydrogen (secondary N) is 1. The summed E-state index contributed by atoms with van der Waals surface area (Å²) in [5, 5.41) is 2.86. The molecule has 0 saturated heterocycles. The molecule has 19 heavy (non-hydrogen) atoms. The van der Waals surface area contributed by atoms with Crippen LogP contribution in [-0.2, 0) is 9.53 Å². The van der Waals surface area contributed by atoms with Crippen LogP contribution in [0.4, 0.5) is 0 Å². The molecule has 0 aromatic rings. The number of nitrogens with two attached hydrogens (primary N) is 1. The first-order chi connectivity index (χ1) is 9.14. The highest BCUT2D eigenvalue weighted by Crippen LogP contribution is 2.30. The molecule has 1 amide bonds. The molecule has 5 heteroatoms. The van der Waals surface area contributed by atoms with Crippen LogP contribution in [0, 0.1) is 0 Å². The first-order valence-electron chi connectivity index (χ1n) is 7.31. The van der Waals surface area contributed by atoms with Gasteiger partial charge in [-0.15, -0.1) is 0 Å². The van der Waals surface area contributed by atoms with Crippen LogP contribution < -0.4 is 11.1 Å². The number of hydrogen-bond donors (Lipinski definition) is 2. The Kier molecular flexibility index (Phi) is 7.34. The van der Waals surface area contributed by atoms with E-state index in [4.69, 9.17) is 10.5 Å². The second-order valence-electron chi connectivity index (χ2n) is 5.54. The molecule has 0 spiro atoms. The van der Waals surface area contributed by atoms with Crippen LogP contribution in [0.2, 0.25) is 0 Å². The molecule has 112 valence electrons. The van der Waals surface area contributed by atoms with Gasteiger partial charge >= 0.3 is 0 Å². The Labute approximate surface area is 116 Å². The number of carbonyl (C=O) groups is 1. The van der Waals surface area contributed by atoms with Gasteiger partial charge in [0, 0.05) is 25.7 Å². The molecule has 5 nitrogen and oxygen atoms in total. The smallest absolute Gasteiger partial charge is 0.234 e. The van der Waals surface area contributed by atoms with Crippen molar-refractivity contribution in [1.82, 2.24) is 10.2 Å². The summed E-state index contributed by atoms with van der Waals surface area (Å²) in [4.78, 5) is 14.0. The molecule has 1 aliphatic rings. The van der Waals surface area contributed by atoms with Crippen LogP contribution in [0.3, 0.4) is 0 Å². The fraction of sp³-hybridized carbons (Fsp3) is 0.929. The van der Waals surface area contributed by atoms with Gasteiger partial charge in [0.25, 0.3) is 0 Å². The number of methoxy groups -OCH3 is 1. The topological polar surface area (TPSA) is 67.6 Å². The third-order valence-electron chi connectivity index (χ3n) is 4.23. The molecule has 3 N–H and O–H groups in total. The molecule has 1 fully saturated rings. The average Bonchev–Trinajstić information content (AvgIpc) is 2.65. The van der Waals surface area contributed by atoms with E-state index in [0.717, 1.165) is 12.8 Å². The molecule has 1 rings (SSSR count). The molecule has 0 aliphatic heterocycles. The van der Waals surface area contributed by atoms with Crippen LogP contribution in [0.1, 0.15) is 38.5 Å². The lowest BCUT2D eigenvalue weighted by atomic mass is 9.88. The molecule has 1 aliphatic carbocycles. The molecule has 0 atom stereocenters. The summed E-state index contributed by atoms with van der Waals surface area (Å²) in [5.74, 6) is 0.0524. The lowest BCUT2D eigenvalue weighted by molar-refractivity contribution is -0.123. The van der Waals surface area contributed by atoms with E-state index in [1.807, 2.05) is 7.05 Å². The number of amides is 1. The van der Waals surface area contributed by atoms with Gasteiger partial charge in [0.05, 0.1) is 13.2 Å². The van der Waals surface area contributed by atoms with Crippen molar-refractivity contribution in [2.75, 3.05) is 40.4 Å². The van der Waals surface area contributed by atoms with Gasteiger partial charge in [0.2, 0.25) is 5.91 Å². The van der Waals surface area contributed by atoms with Crippen LogP contribution in [0.5, 0.6) is 0 Å². The van der Waals surface area contributed by atoms with E-state index < -0.39 is 0 Å². The second-order valence-corrected chi connectivity index (χ2v) is 5.54. The van der Waals surface area contributed by atoms with Crippen molar-refractivity contribution in [3.05, 3.63) is 0 Å². The van der Waals surface area contributed by atoms with Gasteiger partial charge in [-0.25, -0.2) is 0 Å². The van der Waals surface area contributed by atoms with E-state index in [2.05, 4.69) is 10.2 Å². The van der Waals surface area contributed by atoms with E-state index in [0.29, 0.717) is 26.2 Å². The molecule has 0 aromatic heterocycles. The van der Waals surface area contributed by atoms with Crippen LogP contribution in [0.15, 0.2) is 0 Å². The Bertz CT molecular complexity index is 263. The summed E-state index contributed by atoms with van der Waals surface area (Å²) in [6, 6.07) is 0. The first kappa shape index (κ1) is 16.4. The van der Waals surface area contributed by atoms with E-state index in [1.165, 1.54) is 25.7 Å². The Morgan fingerprint density at radius 1 is 1.32 bits per heavy atom. The SMILES string of the molecule is COCCNC(=O)CN(C)C1(CN)CCCCCC1. The van der Waals surface area contributed by atoms with Crippen molar-refractivity contribution in [2.24, 2.45) is 5.73 Å². The zero-order valence-corrected chi connectivity index (χ0v) is 12.4. The van der Waals surface area contributed by atoms with Gasteiger partial charge in [0.1, 0.15) is 0 Å². The average molecular weight is 271 g/mol. The summed E-state index contributed by atoms with van der Waals surface area (Å²) in [6.07, 6.45) is 7.21. The zero-order valence-electron chi connectivity index (χ0n) is 12.4. The number of ether oxygens (including phenoxy) is 1. The Hall–Kier alpha value is -0.650. The van der Waals surface area contributed by atoms with Gasteiger partial charge in [0.15, 0.2) is 0 Å². The van der Waals surface area contributed by atoms with Gasteiger partial charge < -0.3 is 15.8 Å². The van der Waals surface area contributed by atoms with Gasteiger partial charge in [-0.2, -0.15) is 0 Å². The third kappa shape index (κ3) is 5.09. The zero-order chi connectivity index (χ0) is 14.1. The predicted molar refractivity (Wildman–Crippen MR) is 77.0 cm³/mol. The Morgan fingerprint density at radius 3 is 2.47 bits per heavy atom. The van der Waals surface area contributed by atoms with Crippen molar-refractivity contribution in [2.45, 2.75) is 44.1 Å². The highest BCUT2D eigenvalue weighted by molar-refractivity contribution is 5.78. The maximum Gasteiger partial charge on any atom is 0.234 e.